The van der Waals surface area contributed by atoms with Gasteiger partial charge in [-0.2, -0.15) is 4.39 Å². The molecule has 7 heteroatoms. The molecule has 0 fully saturated rings. The third-order valence-corrected chi connectivity index (χ3v) is 5.15. The van der Waals surface area contributed by atoms with E-state index in [9.17, 15) is 27.1 Å². The molecular formula is C22H21F5O2. The number of alkyl halides is 3. The Morgan fingerprint density at radius 2 is 1.83 bits per heavy atom. The van der Waals surface area contributed by atoms with Gasteiger partial charge in [-0.3, -0.25) is 0 Å². The Morgan fingerprint density at radius 3 is 2.41 bits per heavy atom. The summed E-state index contributed by atoms with van der Waals surface area (Å²) in [5, 5.41) is 9.95. The van der Waals surface area contributed by atoms with E-state index in [1.54, 1.807) is 6.07 Å². The first-order valence-corrected chi connectivity index (χ1v) is 9.46. The summed E-state index contributed by atoms with van der Waals surface area (Å²) in [6.07, 6.45) is 2.12. The summed E-state index contributed by atoms with van der Waals surface area (Å²) in [4.78, 5) is 0. The normalized spacial score (nSPS) is 17.2. The Kier molecular flexibility index (Phi) is 6.15. The molecule has 3 rings (SSSR count). The fourth-order valence-corrected chi connectivity index (χ4v) is 3.72. The van der Waals surface area contributed by atoms with Crippen LogP contribution in [-0.4, -0.2) is 11.5 Å². The summed E-state index contributed by atoms with van der Waals surface area (Å²) < 4.78 is 69.2. The van der Waals surface area contributed by atoms with Crippen LogP contribution in [0.1, 0.15) is 44.6 Å². The van der Waals surface area contributed by atoms with Crippen molar-refractivity contribution in [1.29, 1.82) is 0 Å². The molecule has 1 atom stereocenters. The minimum absolute atomic E-state index is 0.107. The quantitative estimate of drug-likeness (QED) is 0.526. The minimum Gasteiger partial charge on any atom is -0.504 e. The van der Waals surface area contributed by atoms with E-state index < -0.39 is 29.5 Å². The third-order valence-electron chi connectivity index (χ3n) is 5.15. The van der Waals surface area contributed by atoms with Gasteiger partial charge < -0.3 is 9.84 Å². The second-order valence-electron chi connectivity index (χ2n) is 7.17. The highest BCUT2D eigenvalue weighted by atomic mass is 19.4. The molecule has 1 aliphatic carbocycles. The summed E-state index contributed by atoms with van der Waals surface area (Å²) in [5.74, 6) is -3.92. The zero-order chi connectivity index (χ0) is 21.2. The van der Waals surface area contributed by atoms with Gasteiger partial charge in [0.2, 0.25) is 5.82 Å². The lowest BCUT2D eigenvalue weighted by Crippen LogP contribution is -2.18. The van der Waals surface area contributed by atoms with Gasteiger partial charge in [-0.05, 0) is 54.5 Å². The zero-order valence-electron chi connectivity index (χ0n) is 15.8. The van der Waals surface area contributed by atoms with Crippen LogP contribution in [0, 0.1) is 17.6 Å². The first kappa shape index (κ1) is 21.1. The Labute approximate surface area is 165 Å². The van der Waals surface area contributed by atoms with Crippen molar-refractivity contribution in [3.8, 4) is 22.6 Å². The Hall–Kier alpha value is -2.57. The molecule has 1 aliphatic rings. The Balaban J connectivity index is 1.87. The van der Waals surface area contributed by atoms with E-state index in [1.165, 1.54) is 12.1 Å². The lowest BCUT2D eigenvalue weighted by Gasteiger charge is -2.22. The van der Waals surface area contributed by atoms with Crippen molar-refractivity contribution in [3.05, 3.63) is 53.6 Å². The van der Waals surface area contributed by atoms with Gasteiger partial charge in [0.05, 0.1) is 0 Å². The minimum atomic E-state index is -5.11. The largest absolute Gasteiger partial charge is 0.573 e. The van der Waals surface area contributed by atoms with Crippen molar-refractivity contribution < 1.29 is 31.8 Å². The summed E-state index contributed by atoms with van der Waals surface area (Å²) in [5.41, 5.74) is 1.39. The summed E-state index contributed by atoms with van der Waals surface area (Å²) in [6, 6.07) is 6.07. The second-order valence-corrected chi connectivity index (χ2v) is 7.17. The second kappa shape index (κ2) is 8.43. The SMILES string of the molecule is CCCC1CC=C(c2ccc(-c3ccc(OC(F)(F)F)c(F)c3O)c(F)c2)CC1. The van der Waals surface area contributed by atoms with Crippen LogP contribution in [0.3, 0.4) is 0 Å². The van der Waals surface area contributed by atoms with E-state index in [0.29, 0.717) is 17.5 Å². The Bertz CT molecular complexity index is 918. The van der Waals surface area contributed by atoms with Crippen LogP contribution in [0.4, 0.5) is 22.0 Å². The molecule has 0 aliphatic heterocycles. The highest BCUT2D eigenvalue weighted by molar-refractivity contribution is 5.75. The van der Waals surface area contributed by atoms with Crippen molar-refractivity contribution in [3.63, 3.8) is 0 Å². The van der Waals surface area contributed by atoms with Crippen molar-refractivity contribution >= 4 is 5.57 Å². The van der Waals surface area contributed by atoms with Gasteiger partial charge in [0, 0.05) is 11.1 Å². The van der Waals surface area contributed by atoms with E-state index >= 15 is 0 Å². The van der Waals surface area contributed by atoms with Gasteiger partial charge in [0.25, 0.3) is 0 Å². The van der Waals surface area contributed by atoms with E-state index in [-0.39, 0.29) is 11.1 Å². The van der Waals surface area contributed by atoms with E-state index in [4.69, 9.17) is 0 Å². The van der Waals surface area contributed by atoms with Crippen LogP contribution < -0.4 is 4.74 Å². The number of phenols is 1. The molecule has 2 nitrogen and oxygen atoms in total. The molecule has 0 heterocycles. The molecule has 1 N–H and O–H groups in total. The highest BCUT2D eigenvalue weighted by Crippen LogP contribution is 2.40. The zero-order valence-corrected chi connectivity index (χ0v) is 15.8. The molecule has 2 aromatic rings. The first-order chi connectivity index (χ1) is 13.7. The van der Waals surface area contributed by atoms with Crippen LogP contribution in [0.25, 0.3) is 16.7 Å². The van der Waals surface area contributed by atoms with Crippen LogP contribution in [0.2, 0.25) is 0 Å². The van der Waals surface area contributed by atoms with Crippen molar-refractivity contribution in [1.82, 2.24) is 0 Å². The van der Waals surface area contributed by atoms with E-state index in [2.05, 4.69) is 17.7 Å². The molecular weight excluding hydrogens is 391 g/mol. The van der Waals surface area contributed by atoms with Gasteiger partial charge in [-0.15, -0.1) is 13.2 Å². The number of aromatic hydroxyl groups is 1. The Morgan fingerprint density at radius 1 is 1.10 bits per heavy atom. The van der Waals surface area contributed by atoms with Crippen LogP contribution in [0.5, 0.6) is 11.5 Å². The number of halogens is 5. The molecule has 0 aromatic heterocycles. The van der Waals surface area contributed by atoms with E-state index in [0.717, 1.165) is 43.7 Å². The first-order valence-electron chi connectivity index (χ1n) is 9.46. The summed E-state index contributed by atoms with van der Waals surface area (Å²) in [7, 11) is 0. The predicted molar refractivity (Wildman–Crippen MR) is 100 cm³/mol. The molecule has 0 bridgehead atoms. The number of ether oxygens (including phenoxy) is 1. The van der Waals surface area contributed by atoms with Crippen LogP contribution in [0.15, 0.2) is 36.4 Å². The smallest absolute Gasteiger partial charge is 0.504 e. The van der Waals surface area contributed by atoms with Gasteiger partial charge in [0.1, 0.15) is 5.82 Å². The highest BCUT2D eigenvalue weighted by Gasteiger charge is 2.33. The molecule has 0 amide bonds. The number of allylic oxidation sites excluding steroid dienone is 2. The van der Waals surface area contributed by atoms with Crippen molar-refractivity contribution in [2.75, 3.05) is 0 Å². The van der Waals surface area contributed by atoms with Crippen molar-refractivity contribution in [2.45, 2.75) is 45.4 Å². The average molecular weight is 412 g/mol. The maximum absolute atomic E-state index is 14.7. The monoisotopic (exact) mass is 412 g/mol. The van der Waals surface area contributed by atoms with Gasteiger partial charge in [0.15, 0.2) is 11.5 Å². The summed E-state index contributed by atoms with van der Waals surface area (Å²) >= 11 is 0. The predicted octanol–water partition coefficient (Wildman–Crippen LogP) is 7.22. The number of phenolic OH excluding ortho intramolecular Hbond substituents is 1. The topological polar surface area (TPSA) is 29.5 Å². The lowest BCUT2D eigenvalue weighted by atomic mass is 9.84. The fraction of sp³-hybridized carbons (Fsp3) is 0.364. The molecule has 2 aromatic carbocycles. The average Bonchev–Trinajstić information content (AvgIpc) is 2.66. The molecule has 156 valence electrons. The van der Waals surface area contributed by atoms with Crippen LogP contribution in [-0.2, 0) is 0 Å². The molecule has 0 radical (unpaired) electrons. The maximum Gasteiger partial charge on any atom is 0.573 e. The number of rotatable bonds is 5. The number of hydrogen-bond donors (Lipinski definition) is 1. The van der Waals surface area contributed by atoms with Gasteiger partial charge in [-0.25, -0.2) is 4.39 Å². The van der Waals surface area contributed by atoms with Crippen molar-refractivity contribution in [2.24, 2.45) is 5.92 Å². The van der Waals surface area contributed by atoms with Gasteiger partial charge in [-0.1, -0.05) is 38.0 Å². The third kappa shape index (κ3) is 4.89. The lowest BCUT2D eigenvalue weighted by molar-refractivity contribution is -0.275. The molecule has 1 unspecified atom stereocenters. The molecule has 0 saturated carbocycles. The molecule has 0 saturated heterocycles. The summed E-state index contributed by atoms with van der Waals surface area (Å²) in [6.45, 7) is 2.15. The number of hydrogen-bond acceptors (Lipinski definition) is 2. The molecule has 0 spiro atoms. The molecule has 29 heavy (non-hydrogen) atoms. The fourth-order valence-electron chi connectivity index (χ4n) is 3.72. The maximum atomic E-state index is 14.7. The standard InChI is InChI=1S/C22H21F5O2/c1-2-3-13-4-6-14(7-5-13)15-8-9-16(18(23)12-15)17-10-11-19(20(24)21(17)28)29-22(25,26)27/h6,8-13,28H,2-5,7H2,1H3. The van der Waals surface area contributed by atoms with Gasteiger partial charge >= 0.3 is 6.36 Å². The van der Waals surface area contributed by atoms with E-state index in [1.807, 2.05) is 0 Å². The van der Waals surface area contributed by atoms with Crippen LogP contribution >= 0.6 is 0 Å². The number of benzene rings is 2.